The van der Waals surface area contributed by atoms with Crippen LogP contribution in [0.1, 0.15) is 47.3 Å². The topological polar surface area (TPSA) is 56.8 Å². The third-order valence-electron chi connectivity index (χ3n) is 5.45. The highest BCUT2D eigenvalue weighted by Crippen LogP contribution is 2.33. The number of aryl methyl sites for hydroxylation is 1. The van der Waals surface area contributed by atoms with Gasteiger partial charge in [0.15, 0.2) is 11.5 Å². The van der Waals surface area contributed by atoms with Gasteiger partial charge in [0.2, 0.25) is 0 Å². The molecule has 32 heavy (non-hydrogen) atoms. The molecule has 1 heterocycles. The molecule has 1 atom stereocenters. The maximum atomic E-state index is 13.1. The second-order valence-electron chi connectivity index (χ2n) is 7.77. The number of hydrogen-bond donors (Lipinski definition) is 1. The van der Waals surface area contributed by atoms with Crippen molar-refractivity contribution in [3.05, 3.63) is 89.5 Å². The van der Waals surface area contributed by atoms with Crippen LogP contribution in [0.4, 0.5) is 0 Å². The van der Waals surface area contributed by atoms with Crippen molar-refractivity contribution < 1.29 is 19.0 Å². The first-order chi connectivity index (χ1) is 15.7. The van der Waals surface area contributed by atoms with Crippen LogP contribution >= 0.6 is 0 Å². The first kappa shape index (κ1) is 21.8. The summed E-state index contributed by atoms with van der Waals surface area (Å²) in [5, 5.41) is 3.22. The molecule has 166 valence electrons. The number of amides is 1. The van der Waals surface area contributed by atoms with Gasteiger partial charge in [0.05, 0.1) is 25.9 Å². The molecule has 0 bridgehead atoms. The van der Waals surface area contributed by atoms with Crippen LogP contribution in [-0.4, -0.2) is 25.7 Å². The van der Waals surface area contributed by atoms with Crippen molar-refractivity contribution in [2.45, 2.75) is 32.2 Å². The molecule has 3 aromatic rings. The van der Waals surface area contributed by atoms with E-state index in [1.165, 1.54) is 5.56 Å². The minimum Gasteiger partial charge on any atom is -0.494 e. The molecule has 4 rings (SSSR count). The number of carbonyl (C=O) groups excluding carboxylic acids is 1. The summed E-state index contributed by atoms with van der Waals surface area (Å²) in [4.78, 5) is 13.1. The zero-order valence-corrected chi connectivity index (χ0v) is 18.4. The van der Waals surface area contributed by atoms with E-state index in [0.717, 1.165) is 36.3 Å². The SMILES string of the molecule is CCOc1cccc(C(=O)NC(CCc2ccccc2)c2ccc3c(c2)OCCCO3)c1. The third-order valence-corrected chi connectivity index (χ3v) is 5.45. The van der Waals surface area contributed by atoms with E-state index in [1.54, 1.807) is 12.1 Å². The number of ether oxygens (including phenoxy) is 3. The summed E-state index contributed by atoms with van der Waals surface area (Å²) in [5.41, 5.74) is 2.81. The number of hydrogen-bond acceptors (Lipinski definition) is 4. The summed E-state index contributed by atoms with van der Waals surface area (Å²) >= 11 is 0. The average Bonchev–Trinajstić information content (AvgIpc) is 3.07. The second-order valence-corrected chi connectivity index (χ2v) is 7.77. The van der Waals surface area contributed by atoms with E-state index in [4.69, 9.17) is 14.2 Å². The van der Waals surface area contributed by atoms with Gasteiger partial charge in [-0.2, -0.15) is 0 Å². The van der Waals surface area contributed by atoms with Gasteiger partial charge in [-0.15, -0.1) is 0 Å². The van der Waals surface area contributed by atoms with E-state index in [1.807, 2.05) is 55.5 Å². The van der Waals surface area contributed by atoms with Gasteiger partial charge in [-0.05, 0) is 61.2 Å². The number of nitrogens with one attached hydrogen (secondary N) is 1. The van der Waals surface area contributed by atoms with Crippen LogP contribution in [0.5, 0.6) is 17.2 Å². The van der Waals surface area contributed by atoms with Crippen LogP contribution < -0.4 is 19.5 Å². The highest BCUT2D eigenvalue weighted by molar-refractivity contribution is 5.94. The maximum absolute atomic E-state index is 13.1. The van der Waals surface area contributed by atoms with Crippen molar-refractivity contribution in [3.63, 3.8) is 0 Å². The summed E-state index contributed by atoms with van der Waals surface area (Å²) in [6, 6.07) is 23.4. The summed E-state index contributed by atoms with van der Waals surface area (Å²) in [6.45, 7) is 3.76. The Morgan fingerprint density at radius 3 is 2.59 bits per heavy atom. The fourth-order valence-electron chi connectivity index (χ4n) is 3.81. The minimum absolute atomic E-state index is 0.128. The van der Waals surface area contributed by atoms with Crippen LogP contribution in [0.2, 0.25) is 0 Å². The van der Waals surface area contributed by atoms with Gasteiger partial charge in [0, 0.05) is 12.0 Å². The van der Waals surface area contributed by atoms with Gasteiger partial charge >= 0.3 is 0 Å². The van der Waals surface area contributed by atoms with Crippen molar-refractivity contribution in [1.82, 2.24) is 5.32 Å². The van der Waals surface area contributed by atoms with Crippen LogP contribution in [0.25, 0.3) is 0 Å². The zero-order chi connectivity index (χ0) is 22.2. The molecule has 0 spiro atoms. The largest absolute Gasteiger partial charge is 0.494 e. The van der Waals surface area contributed by atoms with Gasteiger partial charge in [-0.25, -0.2) is 0 Å². The molecule has 0 radical (unpaired) electrons. The molecule has 0 saturated heterocycles. The van der Waals surface area contributed by atoms with Crippen molar-refractivity contribution in [2.75, 3.05) is 19.8 Å². The Labute approximate surface area is 189 Å². The summed E-state index contributed by atoms with van der Waals surface area (Å²) < 4.78 is 17.2. The Morgan fingerprint density at radius 1 is 0.969 bits per heavy atom. The van der Waals surface area contributed by atoms with E-state index in [9.17, 15) is 4.79 Å². The van der Waals surface area contributed by atoms with Crippen LogP contribution in [0.15, 0.2) is 72.8 Å². The zero-order valence-electron chi connectivity index (χ0n) is 18.4. The second kappa shape index (κ2) is 10.7. The first-order valence-corrected chi connectivity index (χ1v) is 11.2. The summed E-state index contributed by atoms with van der Waals surface area (Å²) in [7, 11) is 0. The monoisotopic (exact) mass is 431 g/mol. The lowest BCUT2D eigenvalue weighted by atomic mass is 9.98. The van der Waals surface area contributed by atoms with Gasteiger partial charge in [-0.1, -0.05) is 42.5 Å². The standard InChI is InChI=1S/C27H29NO4/c1-2-30-23-11-6-10-22(18-23)27(29)28-24(14-12-20-8-4-3-5-9-20)21-13-15-25-26(19-21)32-17-7-16-31-25/h3-6,8-11,13,15,18-19,24H,2,7,12,14,16-17H2,1H3,(H,28,29). The number of benzene rings is 3. The molecule has 5 heteroatoms. The van der Waals surface area contributed by atoms with Crippen LogP contribution in [0, 0.1) is 0 Å². The van der Waals surface area contributed by atoms with Gasteiger partial charge < -0.3 is 19.5 Å². The Balaban J connectivity index is 1.56. The lowest BCUT2D eigenvalue weighted by Gasteiger charge is -2.21. The van der Waals surface area contributed by atoms with Crippen molar-refractivity contribution in [2.24, 2.45) is 0 Å². The fourth-order valence-corrected chi connectivity index (χ4v) is 3.81. The fraction of sp³-hybridized carbons (Fsp3) is 0.296. The molecule has 0 fully saturated rings. The molecule has 0 aliphatic carbocycles. The summed E-state index contributed by atoms with van der Waals surface area (Å²) in [5.74, 6) is 2.05. The summed E-state index contributed by atoms with van der Waals surface area (Å²) in [6.07, 6.45) is 2.47. The molecule has 0 aromatic heterocycles. The number of carbonyl (C=O) groups is 1. The minimum atomic E-state index is -0.171. The maximum Gasteiger partial charge on any atom is 0.251 e. The third kappa shape index (κ3) is 5.61. The van der Waals surface area contributed by atoms with Crippen LogP contribution in [-0.2, 0) is 6.42 Å². The first-order valence-electron chi connectivity index (χ1n) is 11.2. The molecule has 1 aliphatic heterocycles. The van der Waals surface area contributed by atoms with Crippen molar-refractivity contribution in [1.29, 1.82) is 0 Å². The van der Waals surface area contributed by atoms with E-state index in [2.05, 4.69) is 17.4 Å². The molecular weight excluding hydrogens is 402 g/mol. The Hall–Kier alpha value is -3.47. The molecule has 1 aliphatic rings. The molecule has 5 nitrogen and oxygen atoms in total. The number of fused-ring (bicyclic) bond motifs is 1. The average molecular weight is 432 g/mol. The Kier molecular flexibility index (Phi) is 7.28. The molecule has 3 aromatic carbocycles. The van der Waals surface area contributed by atoms with Crippen molar-refractivity contribution >= 4 is 5.91 Å². The van der Waals surface area contributed by atoms with E-state index in [-0.39, 0.29) is 11.9 Å². The molecule has 0 saturated carbocycles. The van der Waals surface area contributed by atoms with E-state index < -0.39 is 0 Å². The lowest BCUT2D eigenvalue weighted by molar-refractivity contribution is 0.0934. The van der Waals surface area contributed by atoms with Crippen LogP contribution in [0.3, 0.4) is 0 Å². The van der Waals surface area contributed by atoms with Crippen molar-refractivity contribution in [3.8, 4) is 17.2 Å². The van der Waals surface area contributed by atoms with E-state index >= 15 is 0 Å². The quantitative estimate of drug-likeness (QED) is 0.522. The molecule has 1 N–H and O–H groups in total. The number of rotatable bonds is 8. The predicted octanol–water partition coefficient (Wildman–Crippen LogP) is 5.35. The predicted molar refractivity (Wildman–Crippen MR) is 125 cm³/mol. The van der Waals surface area contributed by atoms with Gasteiger partial charge in [0.25, 0.3) is 5.91 Å². The normalized spacial score (nSPS) is 13.7. The Morgan fingerprint density at radius 2 is 1.78 bits per heavy atom. The van der Waals surface area contributed by atoms with Gasteiger partial charge in [-0.3, -0.25) is 4.79 Å². The smallest absolute Gasteiger partial charge is 0.251 e. The highest BCUT2D eigenvalue weighted by atomic mass is 16.5. The molecule has 1 unspecified atom stereocenters. The lowest BCUT2D eigenvalue weighted by Crippen LogP contribution is -2.29. The van der Waals surface area contributed by atoms with Gasteiger partial charge in [0.1, 0.15) is 5.75 Å². The van der Waals surface area contributed by atoms with E-state index in [0.29, 0.717) is 31.1 Å². The molecular formula is C27H29NO4. The highest BCUT2D eigenvalue weighted by Gasteiger charge is 2.19. The molecule has 1 amide bonds. The Bertz CT molecular complexity index is 1030.